The van der Waals surface area contributed by atoms with Gasteiger partial charge in [0.25, 0.3) is 11.8 Å². The van der Waals surface area contributed by atoms with Crippen LogP contribution in [0.2, 0.25) is 0 Å². The molecule has 27 heavy (non-hydrogen) atoms. The van der Waals surface area contributed by atoms with Gasteiger partial charge in [0.15, 0.2) is 0 Å². The monoisotopic (exact) mass is 367 g/mol. The quantitative estimate of drug-likeness (QED) is 0.868. The lowest BCUT2D eigenvalue weighted by Gasteiger charge is -2.26. The van der Waals surface area contributed by atoms with E-state index in [2.05, 4.69) is 10.6 Å². The second kappa shape index (κ2) is 8.46. The van der Waals surface area contributed by atoms with Crippen LogP contribution in [-0.4, -0.2) is 48.9 Å². The Morgan fingerprint density at radius 3 is 2.11 bits per heavy atom. The Morgan fingerprint density at radius 1 is 0.889 bits per heavy atom. The molecule has 0 aliphatic carbocycles. The van der Waals surface area contributed by atoms with E-state index in [1.54, 1.807) is 53.4 Å². The van der Waals surface area contributed by atoms with Crippen molar-refractivity contribution in [3.05, 3.63) is 59.7 Å². The maximum Gasteiger partial charge on any atom is 0.255 e. The fraction of sp³-hybridized carbons (Fsp3) is 0.250. The lowest BCUT2D eigenvalue weighted by Crippen LogP contribution is -2.40. The summed E-state index contributed by atoms with van der Waals surface area (Å²) in [4.78, 5) is 37.7. The summed E-state index contributed by atoms with van der Waals surface area (Å²) >= 11 is 0. The number of amides is 3. The molecule has 1 fully saturated rings. The minimum absolute atomic E-state index is 0.0618. The highest BCUT2D eigenvalue weighted by atomic mass is 16.5. The van der Waals surface area contributed by atoms with Crippen LogP contribution in [0.5, 0.6) is 0 Å². The normalized spacial score (nSPS) is 13.7. The third-order valence-electron chi connectivity index (χ3n) is 4.13. The van der Waals surface area contributed by atoms with Crippen LogP contribution in [0.25, 0.3) is 0 Å². The predicted molar refractivity (Wildman–Crippen MR) is 102 cm³/mol. The van der Waals surface area contributed by atoms with Gasteiger partial charge in [0.05, 0.1) is 13.2 Å². The smallest absolute Gasteiger partial charge is 0.255 e. The topological polar surface area (TPSA) is 87.7 Å². The number of carbonyl (C=O) groups is 3. The second-order valence-electron chi connectivity index (χ2n) is 6.20. The fourth-order valence-corrected chi connectivity index (χ4v) is 2.79. The first kappa shape index (κ1) is 18.6. The molecular weight excluding hydrogens is 346 g/mol. The van der Waals surface area contributed by atoms with Gasteiger partial charge in [0.2, 0.25) is 5.91 Å². The first-order chi connectivity index (χ1) is 13.0. The molecule has 0 unspecified atom stereocenters. The zero-order valence-corrected chi connectivity index (χ0v) is 15.0. The van der Waals surface area contributed by atoms with E-state index in [1.165, 1.54) is 6.92 Å². The van der Waals surface area contributed by atoms with Crippen molar-refractivity contribution in [3.8, 4) is 0 Å². The maximum atomic E-state index is 12.4. The number of benzene rings is 2. The van der Waals surface area contributed by atoms with Crippen LogP contribution in [0.4, 0.5) is 11.4 Å². The molecule has 2 N–H and O–H groups in total. The van der Waals surface area contributed by atoms with Crippen molar-refractivity contribution in [1.29, 1.82) is 0 Å². The van der Waals surface area contributed by atoms with E-state index in [0.717, 1.165) is 0 Å². The minimum atomic E-state index is -0.291. The number of hydrogen-bond donors (Lipinski definition) is 2. The van der Waals surface area contributed by atoms with E-state index >= 15 is 0 Å². The Labute approximate surface area is 157 Å². The molecule has 1 saturated heterocycles. The van der Waals surface area contributed by atoms with Crippen molar-refractivity contribution in [1.82, 2.24) is 4.90 Å². The van der Waals surface area contributed by atoms with E-state index < -0.39 is 0 Å². The maximum absolute atomic E-state index is 12.4. The zero-order valence-electron chi connectivity index (χ0n) is 15.0. The molecule has 3 rings (SSSR count). The summed E-state index contributed by atoms with van der Waals surface area (Å²) in [6, 6.07) is 13.4. The lowest BCUT2D eigenvalue weighted by molar-refractivity contribution is -0.114. The Bertz CT molecular complexity index is 843. The predicted octanol–water partition coefficient (Wildman–Crippen LogP) is 2.37. The van der Waals surface area contributed by atoms with Crippen molar-refractivity contribution >= 4 is 29.1 Å². The molecule has 0 bridgehead atoms. The molecule has 0 radical (unpaired) electrons. The Morgan fingerprint density at radius 2 is 1.48 bits per heavy atom. The Hall–Kier alpha value is -3.19. The summed E-state index contributed by atoms with van der Waals surface area (Å²) in [5, 5.41) is 5.45. The van der Waals surface area contributed by atoms with Crippen LogP contribution in [-0.2, 0) is 9.53 Å². The number of morpholine rings is 1. The van der Waals surface area contributed by atoms with Gasteiger partial charge in [-0.1, -0.05) is 6.07 Å². The summed E-state index contributed by atoms with van der Waals surface area (Å²) in [5.74, 6) is -0.535. The Kier molecular flexibility index (Phi) is 5.83. The number of hydrogen-bond acceptors (Lipinski definition) is 4. The van der Waals surface area contributed by atoms with Gasteiger partial charge < -0.3 is 20.3 Å². The number of ether oxygens (including phenoxy) is 1. The van der Waals surface area contributed by atoms with E-state index in [4.69, 9.17) is 4.74 Å². The van der Waals surface area contributed by atoms with Gasteiger partial charge in [0.1, 0.15) is 0 Å². The molecule has 0 spiro atoms. The molecule has 140 valence electrons. The second-order valence-corrected chi connectivity index (χ2v) is 6.20. The third kappa shape index (κ3) is 4.92. The molecule has 2 aromatic carbocycles. The van der Waals surface area contributed by atoms with E-state index in [1.807, 2.05) is 0 Å². The molecule has 1 heterocycles. The van der Waals surface area contributed by atoms with Crippen molar-refractivity contribution < 1.29 is 19.1 Å². The first-order valence-electron chi connectivity index (χ1n) is 8.69. The van der Waals surface area contributed by atoms with Crippen molar-refractivity contribution in [2.75, 3.05) is 36.9 Å². The van der Waals surface area contributed by atoms with Crippen LogP contribution in [0, 0.1) is 0 Å². The molecule has 7 heteroatoms. The van der Waals surface area contributed by atoms with E-state index in [9.17, 15) is 14.4 Å². The van der Waals surface area contributed by atoms with E-state index in [-0.39, 0.29) is 17.7 Å². The van der Waals surface area contributed by atoms with Gasteiger partial charge >= 0.3 is 0 Å². The lowest BCUT2D eigenvalue weighted by atomic mass is 10.1. The van der Waals surface area contributed by atoms with Gasteiger partial charge in [-0.05, 0) is 42.5 Å². The number of nitrogens with one attached hydrogen (secondary N) is 2. The summed E-state index contributed by atoms with van der Waals surface area (Å²) in [6.07, 6.45) is 0. The fourth-order valence-electron chi connectivity index (χ4n) is 2.79. The van der Waals surface area contributed by atoms with Crippen molar-refractivity contribution in [2.24, 2.45) is 0 Å². The van der Waals surface area contributed by atoms with Gasteiger partial charge in [0, 0.05) is 42.5 Å². The minimum Gasteiger partial charge on any atom is -0.378 e. The summed E-state index contributed by atoms with van der Waals surface area (Å²) in [6.45, 7) is 3.66. The molecule has 3 amide bonds. The highest BCUT2D eigenvalue weighted by Gasteiger charge is 2.18. The molecule has 7 nitrogen and oxygen atoms in total. The molecule has 1 aliphatic heterocycles. The molecule has 0 atom stereocenters. The van der Waals surface area contributed by atoms with Crippen LogP contribution >= 0.6 is 0 Å². The molecule has 1 aliphatic rings. The molecule has 0 aromatic heterocycles. The first-order valence-corrected chi connectivity index (χ1v) is 8.69. The number of carbonyl (C=O) groups excluding carboxylic acids is 3. The number of nitrogens with zero attached hydrogens (tertiary/aromatic N) is 1. The standard InChI is InChI=1S/C20H21N3O4/c1-14(24)21-17-3-2-4-18(13-17)22-19(25)15-5-7-16(8-6-15)20(26)23-9-11-27-12-10-23/h2-8,13H,9-12H2,1H3,(H,21,24)(H,22,25). The summed E-state index contributed by atoms with van der Waals surface area (Å²) < 4.78 is 5.25. The molecule has 2 aromatic rings. The zero-order chi connectivity index (χ0) is 19.2. The van der Waals surface area contributed by atoms with Gasteiger partial charge in [-0.15, -0.1) is 0 Å². The van der Waals surface area contributed by atoms with Crippen LogP contribution in [0.3, 0.4) is 0 Å². The van der Waals surface area contributed by atoms with Crippen molar-refractivity contribution in [2.45, 2.75) is 6.92 Å². The Balaban J connectivity index is 1.65. The van der Waals surface area contributed by atoms with E-state index in [0.29, 0.717) is 48.8 Å². The van der Waals surface area contributed by atoms with Gasteiger partial charge in [-0.2, -0.15) is 0 Å². The van der Waals surface area contributed by atoms with Gasteiger partial charge in [-0.25, -0.2) is 0 Å². The van der Waals surface area contributed by atoms with Crippen LogP contribution < -0.4 is 10.6 Å². The highest BCUT2D eigenvalue weighted by Crippen LogP contribution is 2.17. The van der Waals surface area contributed by atoms with Crippen LogP contribution in [0.1, 0.15) is 27.6 Å². The summed E-state index contributed by atoms with van der Waals surface area (Å²) in [7, 11) is 0. The molecular formula is C20H21N3O4. The number of anilines is 2. The average molecular weight is 367 g/mol. The van der Waals surface area contributed by atoms with Crippen LogP contribution in [0.15, 0.2) is 48.5 Å². The molecule has 0 saturated carbocycles. The summed E-state index contributed by atoms with van der Waals surface area (Å²) in [5.41, 5.74) is 2.16. The van der Waals surface area contributed by atoms with Gasteiger partial charge in [-0.3, -0.25) is 14.4 Å². The average Bonchev–Trinajstić information content (AvgIpc) is 2.68. The number of rotatable bonds is 4. The third-order valence-corrected chi connectivity index (χ3v) is 4.13. The highest BCUT2D eigenvalue weighted by molar-refractivity contribution is 6.05. The van der Waals surface area contributed by atoms with Crippen molar-refractivity contribution in [3.63, 3.8) is 0 Å². The largest absolute Gasteiger partial charge is 0.378 e. The SMILES string of the molecule is CC(=O)Nc1cccc(NC(=O)c2ccc(C(=O)N3CCOCC3)cc2)c1.